The fourth-order valence-electron chi connectivity index (χ4n) is 1.63. The van der Waals surface area contributed by atoms with E-state index in [-0.39, 0.29) is 18.6 Å². The SMILES string of the molecule is CCC(CCO)NC(=O)c1ccccc1OC. The lowest BCUT2D eigenvalue weighted by Crippen LogP contribution is -2.35. The quantitative estimate of drug-likeness (QED) is 0.790. The molecule has 2 N–H and O–H groups in total. The molecule has 0 aliphatic heterocycles. The number of para-hydroxylation sites is 1. The van der Waals surface area contributed by atoms with Gasteiger partial charge in [-0.1, -0.05) is 19.1 Å². The van der Waals surface area contributed by atoms with Crippen molar-refractivity contribution in [1.82, 2.24) is 5.32 Å². The number of methoxy groups -OCH3 is 1. The Morgan fingerprint density at radius 2 is 2.18 bits per heavy atom. The fourth-order valence-corrected chi connectivity index (χ4v) is 1.63. The molecule has 0 fully saturated rings. The van der Waals surface area contributed by atoms with Gasteiger partial charge in [0.1, 0.15) is 5.75 Å². The van der Waals surface area contributed by atoms with Crippen LogP contribution in [0, 0.1) is 0 Å². The molecule has 1 atom stereocenters. The molecule has 0 saturated carbocycles. The van der Waals surface area contributed by atoms with Crippen LogP contribution in [-0.2, 0) is 0 Å². The number of nitrogens with one attached hydrogen (secondary N) is 1. The zero-order valence-corrected chi connectivity index (χ0v) is 10.3. The van der Waals surface area contributed by atoms with E-state index < -0.39 is 0 Å². The summed E-state index contributed by atoms with van der Waals surface area (Å²) < 4.78 is 5.13. The molecule has 1 aromatic carbocycles. The third kappa shape index (κ3) is 3.75. The summed E-state index contributed by atoms with van der Waals surface area (Å²) in [6, 6.07) is 7.09. The molecule has 1 unspecified atom stereocenters. The summed E-state index contributed by atoms with van der Waals surface area (Å²) in [5.74, 6) is 0.395. The molecule has 17 heavy (non-hydrogen) atoms. The number of rotatable bonds is 6. The molecule has 1 rings (SSSR count). The van der Waals surface area contributed by atoms with Crippen LogP contribution < -0.4 is 10.1 Å². The van der Waals surface area contributed by atoms with Gasteiger partial charge in [0.25, 0.3) is 5.91 Å². The normalized spacial score (nSPS) is 11.9. The van der Waals surface area contributed by atoms with Crippen molar-refractivity contribution in [3.63, 3.8) is 0 Å². The Morgan fingerprint density at radius 3 is 2.76 bits per heavy atom. The molecule has 4 nitrogen and oxygen atoms in total. The number of hydrogen-bond donors (Lipinski definition) is 2. The third-order valence-electron chi connectivity index (χ3n) is 2.66. The first-order chi connectivity index (χ1) is 8.22. The average Bonchev–Trinajstić information content (AvgIpc) is 2.38. The highest BCUT2D eigenvalue weighted by molar-refractivity contribution is 5.97. The highest BCUT2D eigenvalue weighted by Gasteiger charge is 2.14. The summed E-state index contributed by atoms with van der Waals surface area (Å²) in [7, 11) is 1.54. The van der Waals surface area contributed by atoms with Gasteiger partial charge in [-0.15, -0.1) is 0 Å². The van der Waals surface area contributed by atoms with Crippen LogP contribution in [0.4, 0.5) is 0 Å². The van der Waals surface area contributed by atoms with E-state index in [1.54, 1.807) is 18.2 Å². The first kappa shape index (κ1) is 13.5. The number of carbonyl (C=O) groups excluding carboxylic acids is 1. The minimum absolute atomic E-state index is 0.00240. The lowest BCUT2D eigenvalue weighted by molar-refractivity contribution is 0.0926. The monoisotopic (exact) mass is 237 g/mol. The fraction of sp³-hybridized carbons (Fsp3) is 0.462. The second kappa shape index (κ2) is 6.91. The molecule has 0 aliphatic carbocycles. The maximum atomic E-state index is 12.0. The lowest BCUT2D eigenvalue weighted by atomic mass is 10.1. The smallest absolute Gasteiger partial charge is 0.255 e. The van der Waals surface area contributed by atoms with E-state index >= 15 is 0 Å². The van der Waals surface area contributed by atoms with E-state index in [1.165, 1.54) is 7.11 Å². The highest BCUT2D eigenvalue weighted by atomic mass is 16.5. The van der Waals surface area contributed by atoms with Crippen molar-refractivity contribution >= 4 is 5.91 Å². The van der Waals surface area contributed by atoms with Crippen LogP contribution in [0.3, 0.4) is 0 Å². The van der Waals surface area contributed by atoms with Crippen molar-refractivity contribution in [3.05, 3.63) is 29.8 Å². The average molecular weight is 237 g/mol. The number of carbonyl (C=O) groups is 1. The van der Waals surface area contributed by atoms with Crippen molar-refractivity contribution in [2.75, 3.05) is 13.7 Å². The van der Waals surface area contributed by atoms with E-state index in [2.05, 4.69) is 5.32 Å². The molecule has 1 aromatic rings. The number of benzene rings is 1. The van der Waals surface area contributed by atoms with Crippen LogP contribution in [0.1, 0.15) is 30.1 Å². The van der Waals surface area contributed by atoms with Gasteiger partial charge in [-0.05, 0) is 25.0 Å². The van der Waals surface area contributed by atoms with Gasteiger partial charge in [0.15, 0.2) is 0 Å². The van der Waals surface area contributed by atoms with Gasteiger partial charge >= 0.3 is 0 Å². The van der Waals surface area contributed by atoms with Crippen LogP contribution in [0.25, 0.3) is 0 Å². The molecule has 0 bridgehead atoms. The summed E-state index contributed by atoms with van der Waals surface area (Å²) >= 11 is 0. The zero-order chi connectivity index (χ0) is 12.7. The van der Waals surface area contributed by atoms with Crippen molar-refractivity contribution < 1.29 is 14.6 Å². The number of hydrogen-bond acceptors (Lipinski definition) is 3. The Balaban J connectivity index is 2.75. The van der Waals surface area contributed by atoms with Crippen molar-refractivity contribution in [1.29, 1.82) is 0 Å². The molecule has 0 saturated heterocycles. The van der Waals surface area contributed by atoms with Crippen molar-refractivity contribution in [2.24, 2.45) is 0 Å². The van der Waals surface area contributed by atoms with Gasteiger partial charge in [-0.2, -0.15) is 0 Å². The van der Waals surface area contributed by atoms with Crippen LogP contribution >= 0.6 is 0 Å². The largest absolute Gasteiger partial charge is 0.496 e. The lowest BCUT2D eigenvalue weighted by Gasteiger charge is -2.16. The van der Waals surface area contributed by atoms with E-state index in [0.29, 0.717) is 17.7 Å². The minimum Gasteiger partial charge on any atom is -0.496 e. The topological polar surface area (TPSA) is 58.6 Å². The van der Waals surface area contributed by atoms with Crippen LogP contribution in [-0.4, -0.2) is 30.8 Å². The summed E-state index contributed by atoms with van der Waals surface area (Å²) in [5.41, 5.74) is 0.520. The molecule has 0 radical (unpaired) electrons. The zero-order valence-electron chi connectivity index (χ0n) is 10.3. The second-order valence-corrected chi connectivity index (χ2v) is 3.79. The molecule has 94 valence electrons. The second-order valence-electron chi connectivity index (χ2n) is 3.79. The van der Waals surface area contributed by atoms with E-state index in [0.717, 1.165) is 6.42 Å². The Kier molecular flexibility index (Phi) is 5.49. The molecule has 0 heterocycles. The van der Waals surface area contributed by atoms with E-state index in [9.17, 15) is 4.79 Å². The van der Waals surface area contributed by atoms with Gasteiger partial charge < -0.3 is 15.2 Å². The number of aliphatic hydroxyl groups is 1. The Bertz CT molecular complexity index is 365. The minimum atomic E-state index is -0.164. The van der Waals surface area contributed by atoms with Crippen LogP contribution in [0.15, 0.2) is 24.3 Å². The summed E-state index contributed by atoms with van der Waals surface area (Å²) in [4.78, 5) is 12.0. The molecule has 0 spiro atoms. The van der Waals surface area contributed by atoms with E-state index in [4.69, 9.17) is 9.84 Å². The molecule has 0 aliphatic rings. The Labute approximate surface area is 102 Å². The van der Waals surface area contributed by atoms with Crippen LogP contribution in [0.2, 0.25) is 0 Å². The summed E-state index contributed by atoms with van der Waals surface area (Å²) in [6.45, 7) is 2.05. The van der Waals surface area contributed by atoms with Gasteiger partial charge in [-0.25, -0.2) is 0 Å². The van der Waals surface area contributed by atoms with Crippen molar-refractivity contribution in [3.8, 4) is 5.75 Å². The first-order valence-corrected chi connectivity index (χ1v) is 5.77. The standard InChI is InChI=1S/C13H19NO3/c1-3-10(8-9-15)14-13(16)11-6-4-5-7-12(11)17-2/h4-7,10,15H,3,8-9H2,1-2H3,(H,14,16). The molecular formula is C13H19NO3. The summed E-state index contributed by atoms with van der Waals surface area (Å²) in [5, 5.41) is 11.8. The van der Waals surface area contributed by atoms with E-state index in [1.807, 2.05) is 13.0 Å². The molecular weight excluding hydrogens is 218 g/mol. The van der Waals surface area contributed by atoms with Gasteiger partial charge in [0.05, 0.1) is 12.7 Å². The van der Waals surface area contributed by atoms with Gasteiger partial charge in [0, 0.05) is 12.6 Å². The Hall–Kier alpha value is -1.55. The predicted octanol–water partition coefficient (Wildman–Crippen LogP) is 1.59. The predicted molar refractivity (Wildman–Crippen MR) is 66.2 cm³/mol. The number of ether oxygens (including phenoxy) is 1. The number of aliphatic hydroxyl groups excluding tert-OH is 1. The maximum absolute atomic E-state index is 12.0. The van der Waals surface area contributed by atoms with Crippen LogP contribution in [0.5, 0.6) is 5.75 Å². The number of amides is 1. The summed E-state index contributed by atoms with van der Waals surface area (Å²) in [6.07, 6.45) is 1.36. The van der Waals surface area contributed by atoms with Gasteiger partial charge in [-0.3, -0.25) is 4.79 Å². The maximum Gasteiger partial charge on any atom is 0.255 e. The highest BCUT2D eigenvalue weighted by Crippen LogP contribution is 2.17. The van der Waals surface area contributed by atoms with Crippen molar-refractivity contribution in [2.45, 2.75) is 25.8 Å². The molecule has 0 aromatic heterocycles. The first-order valence-electron chi connectivity index (χ1n) is 5.77. The molecule has 4 heteroatoms. The Morgan fingerprint density at radius 1 is 1.47 bits per heavy atom. The third-order valence-corrected chi connectivity index (χ3v) is 2.66. The molecule has 1 amide bonds. The van der Waals surface area contributed by atoms with Gasteiger partial charge in [0.2, 0.25) is 0 Å².